The molecule has 1 aromatic heterocycles. The van der Waals surface area contributed by atoms with Crippen molar-refractivity contribution >= 4 is 12.2 Å². The van der Waals surface area contributed by atoms with Crippen molar-refractivity contribution in [2.24, 2.45) is 13.0 Å². The number of quaternary nitrogens is 1. The van der Waals surface area contributed by atoms with Crippen molar-refractivity contribution in [1.82, 2.24) is 14.3 Å². The average molecular weight is 243 g/mol. The summed E-state index contributed by atoms with van der Waals surface area (Å²) in [6, 6.07) is 0. The molecule has 0 radical (unpaired) electrons. The van der Waals surface area contributed by atoms with Crippen LogP contribution in [0.2, 0.25) is 0 Å². The summed E-state index contributed by atoms with van der Waals surface area (Å²) in [5.41, 5.74) is 0. The first-order valence-electron chi connectivity index (χ1n) is 5.73. The standard InChI is InChI=1S/C10H18N4OS/c1-12-7-11-14(10(12)16)8-13-4-2-3-9(5-13)6-15/h7,9,15H,2-6,8H2,1H3/p+1/t9-/m0/s1. The highest BCUT2D eigenvalue weighted by molar-refractivity contribution is 7.71. The summed E-state index contributed by atoms with van der Waals surface area (Å²) in [6.07, 6.45) is 4.07. The Kier molecular flexibility index (Phi) is 3.73. The number of hydrogen-bond acceptors (Lipinski definition) is 3. The third-order valence-corrected chi connectivity index (χ3v) is 3.74. The van der Waals surface area contributed by atoms with Crippen LogP contribution >= 0.6 is 12.2 Å². The normalized spacial score (nSPS) is 25.9. The van der Waals surface area contributed by atoms with Crippen molar-refractivity contribution in [2.45, 2.75) is 19.5 Å². The molecule has 2 heterocycles. The molecule has 2 atom stereocenters. The second-order valence-electron chi connectivity index (χ2n) is 4.58. The third-order valence-electron chi connectivity index (χ3n) is 3.24. The van der Waals surface area contributed by atoms with Gasteiger partial charge >= 0.3 is 0 Å². The highest BCUT2D eigenvalue weighted by Gasteiger charge is 2.22. The van der Waals surface area contributed by atoms with Crippen LogP contribution in [0.4, 0.5) is 0 Å². The lowest BCUT2D eigenvalue weighted by atomic mass is 10.00. The van der Waals surface area contributed by atoms with E-state index in [4.69, 9.17) is 12.2 Å². The molecule has 1 aliphatic rings. The zero-order valence-corrected chi connectivity index (χ0v) is 10.4. The Labute approximate surface area is 100 Å². The Hall–Kier alpha value is -0.720. The van der Waals surface area contributed by atoms with Crippen molar-refractivity contribution in [2.75, 3.05) is 19.7 Å². The van der Waals surface area contributed by atoms with Crippen LogP contribution in [-0.2, 0) is 13.7 Å². The van der Waals surface area contributed by atoms with E-state index in [0.717, 1.165) is 31.0 Å². The van der Waals surface area contributed by atoms with E-state index in [1.807, 2.05) is 16.3 Å². The van der Waals surface area contributed by atoms with Crippen LogP contribution in [0.3, 0.4) is 0 Å². The van der Waals surface area contributed by atoms with E-state index in [9.17, 15) is 5.11 Å². The molecule has 0 aromatic carbocycles. The van der Waals surface area contributed by atoms with Crippen molar-refractivity contribution in [3.05, 3.63) is 11.1 Å². The molecule has 1 unspecified atom stereocenters. The van der Waals surface area contributed by atoms with Crippen molar-refractivity contribution in [3.8, 4) is 0 Å². The van der Waals surface area contributed by atoms with Crippen LogP contribution in [0.1, 0.15) is 12.8 Å². The van der Waals surface area contributed by atoms with E-state index < -0.39 is 0 Å². The molecule has 5 nitrogen and oxygen atoms in total. The number of aryl methyl sites for hydroxylation is 1. The summed E-state index contributed by atoms with van der Waals surface area (Å²) >= 11 is 5.25. The summed E-state index contributed by atoms with van der Waals surface area (Å²) < 4.78 is 4.48. The van der Waals surface area contributed by atoms with E-state index in [1.165, 1.54) is 11.3 Å². The zero-order chi connectivity index (χ0) is 11.5. The number of aliphatic hydroxyl groups is 1. The molecule has 1 aromatic rings. The number of rotatable bonds is 3. The molecule has 1 saturated heterocycles. The number of piperidine rings is 1. The van der Waals surface area contributed by atoms with Crippen molar-refractivity contribution < 1.29 is 10.0 Å². The summed E-state index contributed by atoms with van der Waals surface area (Å²) in [5.74, 6) is 0.446. The van der Waals surface area contributed by atoms with Gasteiger partial charge in [0.15, 0.2) is 6.67 Å². The molecule has 6 heteroatoms. The smallest absolute Gasteiger partial charge is 0.202 e. The van der Waals surface area contributed by atoms with Gasteiger partial charge in [-0.2, -0.15) is 9.78 Å². The molecular weight excluding hydrogens is 224 g/mol. The van der Waals surface area contributed by atoms with Crippen LogP contribution in [-0.4, -0.2) is 39.2 Å². The van der Waals surface area contributed by atoms with Gasteiger partial charge in [-0.15, -0.1) is 0 Å². The summed E-state index contributed by atoms with van der Waals surface area (Å²) in [5, 5.41) is 13.4. The van der Waals surface area contributed by atoms with E-state index in [1.54, 1.807) is 6.33 Å². The van der Waals surface area contributed by atoms with Gasteiger partial charge in [-0.05, 0) is 25.1 Å². The van der Waals surface area contributed by atoms with E-state index in [0.29, 0.717) is 12.5 Å². The maximum atomic E-state index is 9.17. The Morgan fingerprint density at radius 3 is 3.12 bits per heavy atom. The quantitative estimate of drug-likeness (QED) is 0.683. The van der Waals surface area contributed by atoms with Gasteiger partial charge in [0.05, 0.1) is 19.7 Å². The molecule has 0 amide bonds. The molecule has 1 fully saturated rings. The molecule has 0 saturated carbocycles. The maximum absolute atomic E-state index is 9.17. The Morgan fingerprint density at radius 2 is 2.50 bits per heavy atom. The molecule has 2 rings (SSSR count). The van der Waals surface area contributed by atoms with Gasteiger partial charge in [0, 0.05) is 13.0 Å². The Bertz CT molecular complexity index is 400. The zero-order valence-electron chi connectivity index (χ0n) is 9.59. The average Bonchev–Trinajstić information content (AvgIpc) is 2.61. The second kappa shape index (κ2) is 5.07. The number of aromatic nitrogens is 3. The minimum Gasteiger partial charge on any atom is -0.396 e. The number of aliphatic hydroxyl groups excluding tert-OH is 1. The van der Waals surface area contributed by atoms with E-state index in [-0.39, 0.29) is 0 Å². The van der Waals surface area contributed by atoms with E-state index in [2.05, 4.69) is 5.10 Å². The lowest BCUT2D eigenvalue weighted by molar-refractivity contribution is -0.931. The van der Waals surface area contributed by atoms with Crippen LogP contribution in [0.5, 0.6) is 0 Å². The van der Waals surface area contributed by atoms with Crippen molar-refractivity contribution in [1.29, 1.82) is 0 Å². The minimum absolute atomic E-state index is 0.303. The fourth-order valence-corrected chi connectivity index (χ4v) is 2.45. The Balaban J connectivity index is 1.99. The first-order chi connectivity index (χ1) is 7.70. The van der Waals surface area contributed by atoms with Gasteiger partial charge < -0.3 is 14.6 Å². The van der Waals surface area contributed by atoms with E-state index >= 15 is 0 Å². The molecule has 16 heavy (non-hydrogen) atoms. The second-order valence-corrected chi connectivity index (χ2v) is 4.94. The summed E-state index contributed by atoms with van der Waals surface area (Å²) in [4.78, 5) is 1.46. The SMILES string of the molecule is Cn1cnn(C[NH+]2CCC[C@H](CO)C2)c1=S. The molecular formula is C10H19N4OS+. The molecule has 90 valence electrons. The largest absolute Gasteiger partial charge is 0.396 e. The summed E-state index contributed by atoms with van der Waals surface area (Å²) in [7, 11) is 1.91. The van der Waals surface area contributed by atoms with Gasteiger partial charge in [0.2, 0.25) is 4.77 Å². The lowest BCUT2D eigenvalue weighted by Crippen LogP contribution is -3.13. The van der Waals surface area contributed by atoms with Gasteiger partial charge in [-0.25, -0.2) is 0 Å². The van der Waals surface area contributed by atoms with Crippen LogP contribution in [0, 0.1) is 10.7 Å². The first-order valence-corrected chi connectivity index (χ1v) is 6.14. The molecule has 2 N–H and O–H groups in total. The molecule has 1 aliphatic heterocycles. The molecule has 0 spiro atoms. The number of nitrogens with zero attached hydrogens (tertiary/aromatic N) is 3. The number of likely N-dealkylation sites (tertiary alicyclic amines) is 1. The van der Waals surface area contributed by atoms with Crippen molar-refractivity contribution in [3.63, 3.8) is 0 Å². The third kappa shape index (κ3) is 2.50. The topological polar surface area (TPSA) is 47.4 Å². The predicted molar refractivity (Wildman–Crippen MR) is 62.5 cm³/mol. The number of nitrogens with one attached hydrogen (secondary N) is 1. The monoisotopic (exact) mass is 243 g/mol. The van der Waals surface area contributed by atoms with Gasteiger partial charge in [-0.3, -0.25) is 0 Å². The van der Waals surface area contributed by atoms with Crippen LogP contribution in [0.25, 0.3) is 0 Å². The summed E-state index contributed by atoms with van der Waals surface area (Å²) in [6.45, 7) is 3.29. The van der Waals surface area contributed by atoms with Crippen LogP contribution in [0.15, 0.2) is 6.33 Å². The van der Waals surface area contributed by atoms with Gasteiger partial charge in [0.25, 0.3) is 0 Å². The Morgan fingerprint density at radius 1 is 1.69 bits per heavy atom. The fraction of sp³-hybridized carbons (Fsp3) is 0.800. The molecule has 0 bridgehead atoms. The maximum Gasteiger partial charge on any atom is 0.202 e. The van der Waals surface area contributed by atoms with Gasteiger partial charge in [0.1, 0.15) is 6.33 Å². The minimum atomic E-state index is 0.303. The first kappa shape index (κ1) is 11.8. The number of hydrogen-bond donors (Lipinski definition) is 2. The fourth-order valence-electron chi connectivity index (χ4n) is 2.29. The highest BCUT2D eigenvalue weighted by atomic mass is 32.1. The van der Waals surface area contributed by atoms with Gasteiger partial charge in [-0.1, -0.05) is 0 Å². The van der Waals surface area contributed by atoms with Crippen LogP contribution < -0.4 is 4.90 Å². The highest BCUT2D eigenvalue weighted by Crippen LogP contribution is 2.05. The molecule has 0 aliphatic carbocycles. The lowest BCUT2D eigenvalue weighted by Gasteiger charge is -2.28. The predicted octanol–water partition coefficient (Wildman–Crippen LogP) is -0.804.